The van der Waals surface area contributed by atoms with Crippen molar-refractivity contribution in [3.05, 3.63) is 35.9 Å². The monoisotopic (exact) mass is 182 g/mol. The molecular weight excluding hydrogens is 160 g/mol. The summed E-state index contributed by atoms with van der Waals surface area (Å²) in [6.07, 6.45) is -0.341. The summed E-state index contributed by atoms with van der Waals surface area (Å²) in [4.78, 5) is 0. The topological polar surface area (TPSA) is 20.2 Å². The molecule has 0 aliphatic rings. The van der Waals surface area contributed by atoms with Crippen LogP contribution in [-0.4, -0.2) is 5.11 Å². The van der Waals surface area contributed by atoms with Crippen LogP contribution in [0, 0.1) is 0 Å². The predicted octanol–water partition coefficient (Wildman–Crippen LogP) is 3.79. The van der Waals surface area contributed by atoms with Crippen LogP contribution in [0.3, 0.4) is 0 Å². The van der Waals surface area contributed by atoms with Gasteiger partial charge in [-0.05, 0) is 12.5 Å². The van der Waals surface area contributed by atoms with E-state index in [2.05, 4.69) is 0 Å². The van der Waals surface area contributed by atoms with E-state index in [1.807, 2.05) is 58.0 Å². The highest BCUT2D eigenvalue weighted by Crippen LogP contribution is 2.08. The standard InChI is InChI=1S/C8H10O.2C2H6/c1-7(9)8-5-3-2-4-6-8;2*1-2/h2-7,9H,1H3;2*1-2H3. The first-order valence-corrected chi connectivity index (χ1v) is 5.03. The number of benzene rings is 1. The van der Waals surface area contributed by atoms with Gasteiger partial charge in [-0.2, -0.15) is 0 Å². The quantitative estimate of drug-likeness (QED) is 0.700. The van der Waals surface area contributed by atoms with Crippen molar-refractivity contribution in [2.24, 2.45) is 0 Å². The van der Waals surface area contributed by atoms with E-state index in [1.54, 1.807) is 6.92 Å². The lowest BCUT2D eigenvalue weighted by Gasteiger charge is -2.00. The molecule has 1 N–H and O–H groups in total. The second-order valence-electron chi connectivity index (χ2n) is 2.09. The van der Waals surface area contributed by atoms with E-state index in [0.29, 0.717) is 0 Å². The molecule has 0 aliphatic heterocycles. The molecule has 0 radical (unpaired) electrons. The van der Waals surface area contributed by atoms with Crippen molar-refractivity contribution in [2.75, 3.05) is 0 Å². The fraction of sp³-hybridized carbons (Fsp3) is 0.500. The molecule has 1 aromatic carbocycles. The van der Waals surface area contributed by atoms with E-state index >= 15 is 0 Å². The summed E-state index contributed by atoms with van der Waals surface area (Å²) in [6, 6.07) is 9.59. The SMILES string of the molecule is CC.CC.CC(O)c1ccccc1. The van der Waals surface area contributed by atoms with Gasteiger partial charge in [-0.1, -0.05) is 58.0 Å². The predicted molar refractivity (Wildman–Crippen MR) is 59.8 cm³/mol. The average molecular weight is 182 g/mol. The van der Waals surface area contributed by atoms with E-state index in [1.165, 1.54) is 0 Å². The molecule has 0 fully saturated rings. The molecular formula is C12H22O. The molecule has 76 valence electrons. The molecule has 13 heavy (non-hydrogen) atoms. The third kappa shape index (κ3) is 7.54. The van der Waals surface area contributed by atoms with Gasteiger partial charge in [-0.3, -0.25) is 0 Å². The fourth-order valence-corrected chi connectivity index (χ4v) is 0.732. The summed E-state index contributed by atoms with van der Waals surface area (Å²) >= 11 is 0. The fourth-order valence-electron chi connectivity index (χ4n) is 0.732. The first-order valence-electron chi connectivity index (χ1n) is 5.03. The lowest BCUT2D eigenvalue weighted by atomic mass is 10.1. The van der Waals surface area contributed by atoms with Crippen molar-refractivity contribution < 1.29 is 5.11 Å². The molecule has 1 nitrogen and oxygen atoms in total. The van der Waals surface area contributed by atoms with Gasteiger partial charge in [0.25, 0.3) is 0 Å². The van der Waals surface area contributed by atoms with Crippen LogP contribution in [0.25, 0.3) is 0 Å². The van der Waals surface area contributed by atoms with Crippen LogP contribution in [-0.2, 0) is 0 Å². The van der Waals surface area contributed by atoms with Gasteiger partial charge in [0.15, 0.2) is 0 Å². The average Bonchev–Trinajstić information content (AvgIpc) is 2.25. The highest BCUT2D eigenvalue weighted by Gasteiger charge is 1.95. The molecule has 1 rings (SSSR count). The third-order valence-corrected chi connectivity index (χ3v) is 1.28. The van der Waals surface area contributed by atoms with Crippen LogP contribution in [0.2, 0.25) is 0 Å². The zero-order chi connectivity index (χ0) is 10.7. The largest absolute Gasteiger partial charge is 0.389 e. The highest BCUT2D eigenvalue weighted by molar-refractivity contribution is 5.16. The van der Waals surface area contributed by atoms with Crippen LogP contribution in [0.15, 0.2) is 30.3 Å². The Balaban J connectivity index is 0. The zero-order valence-corrected chi connectivity index (χ0v) is 9.41. The minimum absolute atomic E-state index is 0.341. The van der Waals surface area contributed by atoms with Crippen molar-refractivity contribution in [2.45, 2.75) is 40.7 Å². The molecule has 0 aromatic heterocycles. The number of aliphatic hydroxyl groups is 1. The molecule has 0 spiro atoms. The van der Waals surface area contributed by atoms with E-state index in [0.717, 1.165) is 5.56 Å². The van der Waals surface area contributed by atoms with E-state index < -0.39 is 0 Å². The van der Waals surface area contributed by atoms with E-state index in [-0.39, 0.29) is 6.10 Å². The molecule has 0 amide bonds. The van der Waals surface area contributed by atoms with Crippen LogP contribution >= 0.6 is 0 Å². The minimum Gasteiger partial charge on any atom is -0.389 e. The Morgan fingerprint density at radius 3 is 1.54 bits per heavy atom. The number of rotatable bonds is 1. The second kappa shape index (κ2) is 11.2. The molecule has 1 atom stereocenters. The third-order valence-electron chi connectivity index (χ3n) is 1.28. The van der Waals surface area contributed by atoms with Crippen molar-refractivity contribution in [1.29, 1.82) is 0 Å². The Labute approximate surface area is 82.4 Å². The first-order chi connectivity index (χ1) is 6.30. The summed E-state index contributed by atoms with van der Waals surface area (Å²) in [5.74, 6) is 0. The summed E-state index contributed by atoms with van der Waals surface area (Å²) in [6.45, 7) is 9.76. The van der Waals surface area contributed by atoms with Gasteiger partial charge in [0, 0.05) is 0 Å². The minimum atomic E-state index is -0.341. The molecule has 0 aliphatic carbocycles. The van der Waals surface area contributed by atoms with Gasteiger partial charge in [0.05, 0.1) is 6.10 Å². The number of hydrogen-bond acceptors (Lipinski definition) is 1. The highest BCUT2D eigenvalue weighted by atomic mass is 16.3. The Morgan fingerprint density at radius 1 is 0.923 bits per heavy atom. The molecule has 1 unspecified atom stereocenters. The van der Waals surface area contributed by atoms with Crippen molar-refractivity contribution >= 4 is 0 Å². The van der Waals surface area contributed by atoms with Gasteiger partial charge < -0.3 is 5.11 Å². The van der Waals surface area contributed by atoms with Gasteiger partial charge >= 0.3 is 0 Å². The maximum atomic E-state index is 9.02. The molecule has 0 bridgehead atoms. The number of aliphatic hydroxyl groups excluding tert-OH is 1. The Kier molecular flexibility index (Phi) is 12.6. The maximum absolute atomic E-state index is 9.02. The maximum Gasteiger partial charge on any atom is 0.0761 e. The molecule has 0 saturated carbocycles. The summed E-state index contributed by atoms with van der Waals surface area (Å²) < 4.78 is 0. The van der Waals surface area contributed by atoms with Crippen LogP contribution in [0.1, 0.15) is 46.3 Å². The van der Waals surface area contributed by atoms with Crippen LogP contribution < -0.4 is 0 Å². The van der Waals surface area contributed by atoms with Gasteiger partial charge in [-0.15, -0.1) is 0 Å². The van der Waals surface area contributed by atoms with Crippen molar-refractivity contribution in [3.63, 3.8) is 0 Å². The Hall–Kier alpha value is -0.820. The van der Waals surface area contributed by atoms with Gasteiger partial charge in [0.1, 0.15) is 0 Å². The van der Waals surface area contributed by atoms with E-state index in [4.69, 9.17) is 5.11 Å². The van der Waals surface area contributed by atoms with Crippen LogP contribution in [0.5, 0.6) is 0 Å². The Bertz CT molecular complexity index is 168. The summed E-state index contributed by atoms with van der Waals surface area (Å²) in [5.41, 5.74) is 0.970. The van der Waals surface area contributed by atoms with Crippen molar-refractivity contribution in [3.8, 4) is 0 Å². The Morgan fingerprint density at radius 2 is 1.31 bits per heavy atom. The zero-order valence-electron chi connectivity index (χ0n) is 9.41. The second-order valence-corrected chi connectivity index (χ2v) is 2.09. The summed E-state index contributed by atoms with van der Waals surface area (Å²) in [7, 11) is 0. The lowest BCUT2D eigenvalue weighted by Crippen LogP contribution is -1.87. The van der Waals surface area contributed by atoms with E-state index in [9.17, 15) is 0 Å². The van der Waals surface area contributed by atoms with Gasteiger partial charge in [-0.25, -0.2) is 0 Å². The molecule has 1 aromatic rings. The van der Waals surface area contributed by atoms with Gasteiger partial charge in [0.2, 0.25) is 0 Å². The molecule has 1 heteroatoms. The lowest BCUT2D eigenvalue weighted by molar-refractivity contribution is 0.199. The first kappa shape index (κ1) is 14.7. The number of hydrogen-bond donors (Lipinski definition) is 1. The summed E-state index contributed by atoms with van der Waals surface area (Å²) in [5, 5.41) is 9.02. The molecule has 0 heterocycles. The normalized spacial score (nSPS) is 10.0. The van der Waals surface area contributed by atoms with Crippen LogP contribution in [0.4, 0.5) is 0 Å². The van der Waals surface area contributed by atoms with Crippen molar-refractivity contribution in [1.82, 2.24) is 0 Å². The molecule has 0 saturated heterocycles. The smallest absolute Gasteiger partial charge is 0.0761 e.